The Morgan fingerprint density at radius 1 is 1.15 bits per heavy atom. The van der Waals surface area contributed by atoms with Crippen LogP contribution in [0, 0.1) is 19.7 Å². The minimum absolute atomic E-state index is 0.337. The zero-order chi connectivity index (χ0) is 22.9. The first-order chi connectivity index (χ1) is 16.0. The lowest BCUT2D eigenvalue weighted by Crippen LogP contribution is -2.36. The molecule has 0 aliphatic carbocycles. The third-order valence-corrected chi connectivity index (χ3v) is 6.03. The highest BCUT2D eigenvalue weighted by molar-refractivity contribution is 6.30. The minimum Gasteiger partial charge on any atom is -0.379 e. The fraction of sp³-hybridized carbons (Fsp3) is 0.348. The van der Waals surface area contributed by atoms with E-state index in [0.717, 1.165) is 35.7 Å². The maximum absolute atomic E-state index is 14.6. The standard InChI is InChI=1S/C23H25ClFN7O/c1-14-9-22(29-28-14)26-21-12-18(13-31-5-7-33-8-6-31)32-23(27-21)19(15(2)30-32)10-16-3-4-17(24)11-20(16)25/h3-4,9,11-12H,5-8,10,13H2,1-2H3,(H2,26,27,28,29). The minimum atomic E-state index is -0.337. The van der Waals surface area contributed by atoms with Crippen LogP contribution in [0.5, 0.6) is 0 Å². The molecule has 1 aliphatic rings. The number of ether oxygens (including phenoxy) is 1. The number of benzene rings is 1. The fourth-order valence-corrected chi connectivity index (χ4v) is 4.23. The van der Waals surface area contributed by atoms with Crippen molar-refractivity contribution >= 4 is 28.9 Å². The SMILES string of the molecule is Cc1cc(Nc2cc(CN3CCOCC3)n3nc(C)c(Cc4ccc(Cl)cc4F)c3n2)n[nH]1. The Kier molecular flexibility index (Phi) is 6.01. The van der Waals surface area contributed by atoms with Crippen LogP contribution in [0.4, 0.5) is 16.0 Å². The second-order valence-electron chi connectivity index (χ2n) is 8.29. The molecule has 10 heteroatoms. The normalized spacial score (nSPS) is 14.8. The van der Waals surface area contributed by atoms with Gasteiger partial charge < -0.3 is 10.1 Å². The summed E-state index contributed by atoms with van der Waals surface area (Å²) in [6.45, 7) is 7.71. The van der Waals surface area contributed by atoms with Crippen molar-refractivity contribution in [3.05, 3.63) is 69.4 Å². The zero-order valence-electron chi connectivity index (χ0n) is 18.5. The Hall–Kier alpha value is -3.01. The smallest absolute Gasteiger partial charge is 0.161 e. The van der Waals surface area contributed by atoms with E-state index in [4.69, 9.17) is 26.4 Å². The molecule has 0 bridgehead atoms. The number of aromatic amines is 1. The van der Waals surface area contributed by atoms with Crippen LogP contribution in [0.15, 0.2) is 30.3 Å². The van der Waals surface area contributed by atoms with Gasteiger partial charge in [-0.2, -0.15) is 10.2 Å². The fourth-order valence-electron chi connectivity index (χ4n) is 4.07. The number of H-pyrrole nitrogens is 1. The molecular formula is C23H25ClFN7O. The van der Waals surface area contributed by atoms with E-state index in [1.54, 1.807) is 12.1 Å². The molecule has 172 valence electrons. The number of halogens is 2. The average Bonchev–Trinajstić information content (AvgIpc) is 3.33. The number of aromatic nitrogens is 5. The number of anilines is 2. The zero-order valence-corrected chi connectivity index (χ0v) is 19.3. The van der Waals surface area contributed by atoms with Gasteiger partial charge in [-0.15, -0.1) is 0 Å². The summed E-state index contributed by atoms with van der Waals surface area (Å²) >= 11 is 5.94. The van der Waals surface area contributed by atoms with Gasteiger partial charge in [0.1, 0.15) is 11.6 Å². The molecule has 2 N–H and O–H groups in total. The van der Waals surface area contributed by atoms with Crippen molar-refractivity contribution in [2.45, 2.75) is 26.8 Å². The summed E-state index contributed by atoms with van der Waals surface area (Å²) in [7, 11) is 0. The van der Waals surface area contributed by atoms with Gasteiger partial charge in [-0.05, 0) is 31.5 Å². The Labute approximate surface area is 195 Å². The van der Waals surface area contributed by atoms with Crippen LogP contribution >= 0.6 is 11.6 Å². The average molecular weight is 470 g/mol. The molecule has 0 spiro atoms. The van der Waals surface area contributed by atoms with Crippen LogP contribution < -0.4 is 5.32 Å². The van der Waals surface area contributed by atoms with Gasteiger partial charge >= 0.3 is 0 Å². The Morgan fingerprint density at radius 3 is 2.70 bits per heavy atom. The van der Waals surface area contributed by atoms with Crippen LogP contribution in [0.3, 0.4) is 0 Å². The van der Waals surface area contributed by atoms with E-state index in [1.165, 1.54) is 6.07 Å². The van der Waals surface area contributed by atoms with Crippen LogP contribution in [-0.2, 0) is 17.7 Å². The molecule has 0 unspecified atom stereocenters. The lowest BCUT2D eigenvalue weighted by Gasteiger charge is -2.26. The quantitative estimate of drug-likeness (QED) is 0.443. The predicted molar refractivity (Wildman–Crippen MR) is 125 cm³/mol. The van der Waals surface area contributed by atoms with Crippen LogP contribution in [0.2, 0.25) is 5.02 Å². The van der Waals surface area contributed by atoms with Gasteiger partial charge in [0.2, 0.25) is 0 Å². The van der Waals surface area contributed by atoms with Crippen molar-refractivity contribution in [3.63, 3.8) is 0 Å². The van der Waals surface area contributed by atoms with Crippen molar-refractivity contribution < 1.29 is 9.13 Å². The van der Waals surface area contributed by atoms with Gasteiger partial charge in [-0.3, -0.25) is 10.00 Å². The van der Waals surface area contributed by atoms with Crippen LogP contribution in [-0.4, -0.2) is 56.0 Å². The van der Waals surface area contributed by atoms with Crippen molar-refractivity contribution in [2.75, 3.05) is 31.6 Å². The molecule has 1 fully saturated rings. The van der Waals surface area contributed by atoms with Gasteiger partial charge in [0.05, 0.1) is 24.6 Å². The molecular weight excluding hydrogens is 445 g/mol. The maximum atomic E-state index is 14.6. The van der Waals surface area contributed by atoms with E-state index >= 15 is 0 Å². The third-order valence-electron chi connectivity index (χ3n) is 5.79. The van der Waals surface area contributed by atoms with E-state index in [0.29, 0.717) is 54.0 Å². The highest BCUT2D eigenvalue weighted by Gasteiger charge is 2.20. The summed E-state index contributed by atoms with van der Waals surface area (Å²) in [6.07, 6.45) is 0.368. The highest BCUT2D eigenvalue weighted by Crippen LogP contribution is 2.25. The first-order valence-electron chi connectivity index (χ1n) is 10.9. The monoisotopic (exact) mass is 469 g/mol. The molecule has 0 atom stereocenters. The predicted octanol–water partition coefficient (Wildman–Crippen LogP) is 4.03. The Morgan fingerprint density at radius 2 is 1.97 bits per heavy atom. The molecule has 4 heterocycles. The van der Waals surface area contributed by atoms with Crippen molar-refractivity contribution in [2.24, 2.45) is 0 Å². The number of nitrogens with one attached hydrogen (secondary N) is 2. The number of nitrogens with zero attached hydrogens (tertiary/aromatic N) is 5. The Balaban J connectivity index is 1.57. The van der Waals surface area contributed by atoms with Crippen molar-refractivity contribution in [1.29, 1.82) is 0 Å². The van der Waals surface area contributed by atoms with Crippen LogP contribution in [0.1, 0.15) is 28.2 Å². The largest absolute Gasteiger partial charge is 0.379 e. The second kappa shape index (κ2) is 9.09. The molecule has 5 rings (SSSR count). The highest BCUT2D eigenvalue weighted by atomic mass is 35.5. The molecule has 0 amide bonds. The lowest BCUT2D eigenvalue weighted by atomic mass is 10.0. The first kappa shape index (κ1) is 21.8. The topological polar surface area (TPSA) is 83.4 Å². The summed E-state index contributed by atoms with van der Waals surface area (Å²) in [4.78, 5) is 7.17. The molecule has 1 aromatic carbocycles. The summed E-state index contributed by atoms with van der Waals surface area (Å²) < 4.78 is 21.9. The molecule has 1 aliphatic heterocycles. The number of hydrogen-bond donors (Lipinski definition) is 2. The van der Waals surface area contributed by atoms with Crippen molar-refractivity contribution in [1.82, 2.24) is 29.7 Å². The summed E-state index contributed by atoms with van der Waals surface area (Å²) in [5.74, 6) is 1.01. The van der Waals surface area contributed by atoms with E-state index in [1.807, 2.05) is 30.5 Å². The molecule has 1 saturated heterocycles. The Bertz CT molecular complexity index is 1300. The van der Waals surface area contributed by atoms with E-state index in [-0.39, 0.29) is 5.82 Å². The molecule has 8 nitrogen and oxygen atoms in total. The summed E-state index contributed by atoms with van der Waals surface area (Å²) in [6, 6.07) is 8.65. The number of hydrogen-bond acceptors (Lipinski definition) is 6. The maximum Gasteiger partial charge on any atom is 0.161 e. The summed E-state index contributed by atoms with van der Waals surface area (Å²) in [5.41, 5.74) is 4.88. The lowest BCUT2D eigenvalue weighted by molar-refractivity contribution is 0.0334. The van der Waals surface area contributed by atoms with E-state index < -0.39 is 0 Å². The molecule has 0 saturated carbocycles. The van der Waals surface area contributed by atoms with E-state index in [2.05, 4.69) is 20.4 Å². The molecule has 33 heavy (non-hydrogen) atoms. The van der Waals surface area contributed by atoms with Gasteiger partial charge in [-0.25, -0.2) is 13.9 Å². The van der Waals surface area contributed by atoms with Gasteiger partial charge in [0.15, 0.2) is 11.5 Å². The number of fused-ring (bicyclic) bond motifs is 1. The molecule has 3 aromatic heterocycles. The second-order valence-corrected chi connectivity index (χ2v) is 8.73. The van der Waals surface area contributed by atoms with E-state index in [9.17, 15) is 4.39 Å². The van der Waals surface area contributed by atoms with Crippen LogP contribution in [0.25, 0.3) is 5.65 Å². The molecule has 4 aromatic rings. The third kappa shape index (κ3) is 4.71. The first-order valence-corrected chi connectivity index (χ1v) is 11.3. The van der Waals surface area contributed by atoms with Gasteiger partial charge in [-0.1, -0.05) is 17.7 Å². The molecule has 0 radical (unpaired) electrons. The van der Waals surface area contributed by atoms with Gasteiger partial charge in [0.25, 0.3) is 0 Å². The van der Waals surface area contributed by atoms with Gasteiger partial charge in [0, 0.05) is 54.5 Å². The number of morpholine rings is 1. The number of rotatable bonds is 6. The van der Waals surface area contributed by atoms with Crippen molar-refractivity contribution in [3.8, 4) is 0 Å². The number of aryl methyl sites for hydroxylation is 2. The summed E-state index contributed by atoms with van der Waals surface area (Å²) in [5, 5.41) is 15.6.